The van der Waals surface area contributed by atoms with Gasteiger partial charge in [-0.05, 0) is 93.0 Å². The van der Waals surface area contributed by atoms with Crippen LogP contribution in [0.15, 0.2) is 182 Å². The topological polar surface area (TPSA) is 9.86 Å². The van der Waals surface area contributed by atoms with Crippen molar-refractivity contribution in [1.82, 2.24) is 9.13 Å². The SMILES string of the molecule is c1ccc2c(c1)-c1ccccc1C21c2ccccc2-c2cc(-n3c4ccccc4c4cc(-n5c6ccccc6c6ccccc65)ccc43)ccc21. The van der Waals surface area contributed by atoms with Crippen molar-refractivity contribution in [3.63, 3.8) is 0 Å². The van der Waals surface area contributed by atoms with Crippen molar-refractivity contribution in [2.75, 3.05) is 0 Å². The number of benzene rings is 8. The standard InChI is InChI=1S/C49H30N2/c1-7-19-41-33(13-1)34-14-2-8-20-42(34)49(41)43-21-9-3-15-35(43)39-29-31(25-27-44(39)49)51-47-24-12-6-18-38(47)40-30-32(26-28-48(40)51)50-45-22-10-4-16-36(45)37-17-5-11-23-46(37)50/h1-30H. The molecular formula is C49H30N2. The molecule has 2 aromatic heterocycles. The normalized spacial score (nSPS) is 13.6. The Balaban J connectivity index is 1.11. The summed E-state index contributed by atoms with van der Waals surface area (Å²) in [5.74, 6) is 0. The summed E-state index contributed by atoms with van der Waals surface area (Å²) in [6.45, 7) is 0. The number of hydrogen-bond acceptors (Lipinski definition) is 0. The van der Waals surface area contributed by atoms with Crippen LogP contribution in [0.4, 0.5) is 0 Å². The molecule has 2 heterocycles. The van der Waals surface area contributed by atoms with Crippen molar-refractivity contribution in [3.05, 3.63) is 204 Å². The zero-order valence-corrected chi connectivity index (χ0v) is 27.7. The lowest BCUT2D eigenvalue weighted by Crippen LogP contribution is -2.25. The maximum absolute atomic E-state index is 2.46. The molecule has 0 bridgehead atoms. The van der Waals surface area contributed by atoms with Gasteiger partial charge in [0.1, 0.15) is 0 Å². The van der Waals surface area contributed by atoms with E-state index in [9.17, 15) is 0 Å². The molecule has 2 aliphatic rings. The molecule has 8 aromatic carbocycles. The molecule has 0 N–H and O–H groups in total. The Hall–Kier alpha value is -6.64. The molecular weight excluding hydrogens is 617 g/mol. The second-order valence-corrected chi connectivity index (χ2v) is 14.0. The van der Waals surface area contributed by atoms with Crippen LogP contribution in [0.5, 0.6) is 0 Å². The van der Waals surface area contributed by atoms with E-state index < -0.39 is 0 Å². The Bertz CT molecular complexity index is 3000. The number of para-hydroxylation sites is 3. The third kappa shape index (κ3) is 3.32. The Labute approximate surface area is 295 Å². The van der Waals surface area contributed by atoms with Gasteiger partial charge in [0.2, 0.25) is 0 Å². The van der Waals surface area contributed by atoms with Gasteiger partial charge in [0.25, 0.3) is 0 Å². The van der Waals surface area contributed by atoms with Gasteiger partial charge in [-0.2, -0.15) is 0 Å². The number of rotatable bonds is 2. The summed E-state index contributed by atoms with van der Waals surface area (Å²) >= 11 is 0. The Morgan fingerprint density at radius 1 is 0.275 bits per heavy atom. The molecule has 0 saturated carbocycles. The van der Waals surface area contributed by atoms with Crippen molar-refractivity contribution in [2.45, 2.75) is 5.41 Å². The van der Waals surface area contributed by atoms with Crippen LogP contribution in [-0.2, 0) is 5.41 Å². The predicted molar refractivity (Wildman–Crippen MR) is 211 cm³/mol. The van der Waals surface area contributed by atoms with Crippen LogP contribution in [0.3, 0.4) is 0 Å². The first kappa shape index (κ1) is 27.2. The van der Waals surface area contributed by atoms with Gasteiger partial charge in [-0.15, -0.1) is 0 Å². The van der Waals surface area contributed by atoms with Gasteiger partial charge in [-0.1, -0.05) is 133 Å². The summed E-state index contributed by atoms with van der Waals surface area (Å²) in [6, 6.07) is 67.7. The summed E-state index contributed by atoms with van der Waals surface area (Å²) in [4.78, 5) is 0. The number of fused-ring (bicyclic) bond motifs is 16. The third-order valence-electron chi connectivity index (χ3n) is 11.7. The molecule has 10 aromatic rings. The van der Waals surface area contributed by atoms with Crippen LogP contribution in [-0.4, -0.2) is 9.13 Å². The van der Waals surface area contributed by atoms with Crippen LogP contribution >= 0.6 is 0 Å². The van der Waals surface area contributed by atoms with Gasteiger partial charge in [-0.25, -0.2) is 0 Å². The van der Waals surface area contributed by atoms with E-state index in [0.717, 1.165) is 0 Å². The van der Waals surface area contributed by atoms with Gasteiger partial charge in [0.05, 0.1) is 27.5 Å². The van der Waals surface area contributed by atoms with Crippen molar-refractivity contribution in [1.29, 1.82) is 0 Å². The highest BCUT2D eigenvalue weighted by atomic mass is 15.0. The minimum atomic E-state index is -0.338. The Kier molecular flexibility index (Phi) is 5.20. The van der Waals surface area contributed by atoms with Crippen LogP contribution in [0.1, 0.15) is 22.3 Å². The molecule has 1 spiro atoms. The smallest absolute Gasteiger partial charge is 0.0725 e. The number of aromatic nitrogens is 2. The molecule has 51 heavy (non-hydrogen) atoms. The van der Waals surface area contributed by atoms with Crippen molar-refractivity contribution in [2.24, 2.45) is 0 Å². The highest BCUT2D eigenvalue weighted by Crippen LogP contribution is 2.62. The van der Waals surface area contributed by atoms with E-state index >= 15 is 0 Å². The van der Waals surface area contributed by atoms with E-state index in [1.54, 1.807) is 0 Å². The van der Waals surface area contributed by atoms with E-state index in [2.05, 4.69) is 191 Å². The molecule has 2 aliphatic carbocycles. The Morgan fingerprint density at radius 2 is 0.647 bits per heavy atom. The summed E-state index contributed by atoms with van der Waals surface area (Å²) in [5.41, 5.74) is 17.7. The second-order valence-electron chi connectivity index (χ2n) is 14.0. The molecule has 0 radical (unpaired) electrons. The van der Waals surface area contributed by atoms with Gasteiger partial charge >= 0.3 is 0 Å². The first-order valence-electron chi connectivity index (χ1n) is 17.8. The summed E-state index contributed by atoms with van der Waals surface area (Å²) < 4.78 is 4.88. The molecule has 0 unspecified atom stereocenters. The van der Waals surface area contributed by atoms with Crippen molar-refractivity contribution >= 4 is 43.6 Å². The van der Waals surface area contributed by atoms with Crippen LogP contribution in [0, 0.1) is 0 Å². The van der Waals surface area contributed by atoms with Gasteiger partial charge < -0.3 is 9.13 Å². The second kappa shape index (κ2) is 9.74. The summed E-state index contributed by atoms with van der Waals surface area (Å²) in [7, 11) is 0. The maximum atomic E-state index is 2.46. The minimum Gasteiger partial charge on any atom is -0.309 e. The lowest BCUT2D eigenvalue weighted by molar-refractivity contribution is 0.793. The maximum Gasteiger partial charge on any atom is 0.0725 e. The average molecular weight is 647 g/mol. The monoisotopic (exact) mass is 646 g/mol. The van der Waals surface area contributed by atoms with Gasteiger partial charge in [0.15, 0.2) is 0 Å². The molecule has 0 aliphatic heterocycles. The highest BCUT2D eigenvalue weighted by Gasteiger charge is 2.51. The fourth-order valence-corrected chi connectivity index (χ4v) is 9.81. The molecule has 236 valence electrons. The van der Waals surface area contributed by atoms with Gasteiger partial charge in [0, 0.05) is 32.9 Å². The highest BCUT2D eigenvalue weighted by molar-refractivity contribution is 6.12. The first-order chi connectivity index (χ1) is 25.3. The van der Waals surface area contributed by atoms with Crippen molar-refractivity contribution in [3.8, 4) is 33.6 Å². The summed E-state index contributed by atoms with van der Waals surface area (Å²) in [6.07, 6.45) is 0. The minimum absolute atomic E-state index is 0.338. The molecule has 0 saturated heterocycles. The molecule has 12 rings (SSSR count). The zero-order valence-electron chi connectivity index (χ0n) is 27.7. The lowest BCUT2D eigenvalue weighted by atomic mass is 9.70. The lowest BCUT2D eigenvalue weighted by Gasteiger charge is -2.30. The van der Waals surface area contributed by atoms with Gasteiger partial charge in [-0.3, -0.25) is 0 Å². The molecule has 2 nitrogen and oxygen atoms in total. The fraction of sp³-hybridized carbons (Fsp3) is 0.0204. The van der Waals surface area contributed by atoms with Crippen LogP contribution in [0.2, 0.25) is 0 Å². The summed E-state index contributed by atoms with van der Waals surface area (Å²) in [5, 5.41) is 5.06. The average Bonchev–Trinajstić information content (AvgIpc) is 3.90. The molecule has 2 heteroatoms. The number of nitrogens with zero attached hydrogens (tertiary/aromatic N) is 2. The van der Waals surface area contributed by atoms with E-state index in [1.807, 2.05) is 0 Å². The zero-order chi connectivity index (χ0) is 33.3. The largest absolute Gasteiger partial charge is 0.309 e. The first-order valence-corrected chi connectivity index (χ1v) is 17.8. The van der Waals surface area contributed by atoms with E-state index in [-0.39, 0.29) is 5.41 Å². The van der Waals surface area contributed by atoms with Crippen LogP contribution < -0.4 is 0 Å². The molecule has 0 atom stereocenters. The molecule has 0 fully saturated rings. The van der Waals surface area contributed by atoms with E-state index in [4.69, 9.17) is 0 Å². The quantitative estimate of drug-likeness (QED) is 0.177. The molecule has 0 amide bonds. The van der Waals surface area contributed by atoms with E-state index in [0.29, 0.717) is 0 Å². The Morgan fingerprint density at radius 3 is 1.20 bits per heavy atom. The predicted octanol–water partition coefficient (Wildman–Crippen LogP) is 12.2. The fourth-order valence-electron chi connectivity index (χ4n) is 9.81. The third-order valence-corrected chi connectivity index (χ3v) is 11.7. The van der Waals surface area contributed by atoms with E-state index in [1.165, 1.54) is 99.5 Å². The van der Waals surface area contributed by atoms with Crippen molar-refractivity contribution < 1.29 is 0 Å². The van der Waals surface area contributed by atoms with Crippen LogP contribution in [0.25, 0.3) is 77.2 Å². The number of hydrogen-bond donors (Lipinski definition) is 0.